The van der Waals surface area contributed by atoms with E-state index in [0.29, 0.717) is 5.56 Å². The van der Waals surface area contributed by atoms with Gasteiger partial charge in [0, 0.05) is 0 Å². The van der Waals surface area contributed by atoms with Crippen LogP contribution in [0.5, 0.6) is 0 Å². The van der Waals surface area contributed by atoms with E-state index in [1.807, 2.05) is 12.1 Å². The third kappa shape index (κ3) is 2.91. The highest BCUT2D eigenvalue weighted by molar-refractivity contribution is 7.80. The maximum atomic E-state index is 8.72. The van der Waals surface area contributed by atoms with Crippen LogP contribution in [-0.2, 0) is 0 Å². The smallest absolute Gasteiger partial charge is 0.114 e. The van der Waals surface area contributed by atoms with Crippen LogP contribution in [0, 0.1) is 22.7 Å². The first kappa shape index (κ1) is 10.9. The molecule has 0 aliphatic carbocycles. The fraction of sp³-hybridized carbons (Fsp3) is 0. The zero-order valence-electron chi connectivity index (χ0n) is 7.77. The van der Waals surface area contributed by atoms with Gasteiger partial charge >= 0.3 is 0 Å². The average molecular weight is 213 g/mol. The summed E-state index contributed by atoms with van der Waals surface area (Å²) in [5, 5.41) is 17.3. The van der Waals surface area contributed by atoms with E-state index >= 15 is 0 Å². The minimum atomic E-state index is 0.0712. The van der Waals surface area contributed by atoms with Crippen LogP contribution in [0.3, 0.4) is 0 Å². The number of nitriles is 2. The molecule has 72 valence electrons. The molecule has 0 heterocycles. The first-order valence-corrected chi connectivity index (χ1v) is 4.50. The molecule has 0 radical (unpaired) electrons. The quantitative estimate of drug-likeness (QED) is 0.461. The Morgan fingerprint density at radius 1 is 1.27 bits per heavy atom. The minimum absolute atomic E-state index is 0.0712. The number of rotatable bonds is 2. The van der Waals surface area contributed by atoms with Crippen LogP contribution in [0.2, 0.25) is 0 Å². The Hall–Kier alpha value is -2.17. The molecule has 0 amide bonds. The van der Waals surface area contributed by atoms with Gasteiger partial charge in [-0.25, -0.2) is 0 Å². The summed E-state index contributed by atoms with van der Waals surface area (Å²) in [6.07, 6.45) is 1.59. The van der Waals surface area contributed by atoms with Crippen molar-refractivity contribution in [1.29, 1.82) is 10.5 Å². The van der Waals surface area contributed by atoms with E-state index in [9.17, 15) is 0 Å². The molecule has 0 aliphatic heterocycles. The van der Waals surface area contributed by atoms with Crippen LogP contribution in [0.25, 0.3) is 6.08 Å². The predicted molar refractivity (Wildman–Crippen MR) is 61.5 cm³/mol. The van der Waals surface area contributed by atoms with Gasteiger partial charge in [0.05, 0.1) is 17.2 Å². The van der Waals surface area contributed by atoms with Crippen LogP contribution < -0.4 is 5.73 Å². The second-order valence-corrected chi connectivity index (χ2v) is 3.21. The molecule has 1 aromatic rings. The van der Waals surface area contributed by atoms with Crippen LogP contribution in [-0.4, -0.2) is 4.99 Å². The highest BCUT2D eigenvalue weighted by Crippen LogP contribution is 2.08. The van der Waals surface area contributed by atoms with Crippen LogP contribution in [0.4, 0.5) is 0 Å². The number of nitrogens with zero attached hydrogens (tertiary/aromatic N) is 2. The highest BCUT2D eigenvalue weighted by atomic mass is 32.1. The maximum absolute atomic E-state index is 8.72. The predicted octanol–water partition coefficient (Wildman–Crippen LogP) is 1.75. The number of benzene rings is 1. The molecule has 0 spiro atoms. The van der Waals surface area contributed by atoms with Gasteiger partial charge in [0.25, 0.3) is 0 Å². The lowest BCUT2D eigenvalue weighted by atomic mass is 10.1. The van der Waals surface area contributed by atoms with E-state index in [2.05, 4.69) is 0 Å². The van der Waals surface area contributed by atoms with Gasteiger partial charge in [0.2, 0.25) is 0 Å². The van der Waals surface area contributed by atoms with Gasteiger partial charge in [0.1, 0.15) is 11.1 Å². The van der Waals surface area contributed by atoms with E-state index in [0.717, 1.165) is 5.56 Å². The number of hydrogen-bond acceptors (Lipinski definition) is 3. The molecule has 2 N–H and O–H groups in total. The van der Waals surface area contributed by atoms with Crippen molar-refractivity contribution < 1.29 is 0 Å². The Bertz CT molecular complexity index is 486. The third-order valence-electron chi connectivity index (χ3n) is 1.74. The van der Waals surface area contributed by atoms with Crippen molar-refractivity contribution in [3.63, 3.8) is 0 Å². The largest absolute Gasteiger partial charge is 0.389 e. The van der Waals surface area contributed by atoms with Gasteiger partial charge in [-0.05, 0) is 23.8 Å². The van der Waals surface area contributed by atoms with Crippen molar-refractivity contribution in [1.82, 2.24) is 0 Å². The lowest BCUT2D eigenvalue weighted by Gasteiger charge is -1.96. The lowest BCUT2D eigenvalue weighted by molar-refractivity contribution is 1.48. The fourth-order valence-corrected chi connectivity index (χ4v) is 1.08. The monoisotopic (exact) mass is 213 g/mol. The summed E-state index contributed by atoms with van der Waals surface area (Å²) in [7, 11) is 0. The second-order valence-electron chi connectivity index (χ2n) is 2.77. The Balaban J connectivity index is 3.05. The van der Waals surface area contributed by atoms with Gasteiger partial charge < -0.3 is 5.73 Å². The third-order valence-corrected chi connectivity index (χ3v) is 1.96. The topological polar surface area (TPSA) is 73.6 Å². The van der Waals surface area contributed by atoms with Crippen molar-refractivity contribution >= 4 is 23.3 Å². The normalized spacial score (nSPS) is 10.1. The minimum Gasteiger partial charge on any atom is -0.389 e. The molecule has 0 saturated heterocycles. The molecule has 0 fully saturated rings. The fourth-order valence-electron chi connectivity index (χ4n) is 0.979. The molecule has 15 heavy (non-hydrogen) atoms. The molecule has 0 unspecified atom stereocenters. The van der Waals surface area contributed by atoms with E-state index < -0.39 is 0 Å². The summed E-state index contributed by atoms with van der Waals surface area (Å²) in [5.74, 6) is 0. The van der Waals surface area contributed by atoms with Crippen molar-refractivity contribution in [2.75, 3.05) is 0 Å². The van der Waals surface area contributed by atoms with Crippen molar-refractivity contribution in [2.24, 2.45) is 5.73 Å². The molecule has 1 aromatic carbocycles. The van der Waals surface area contributed by atoms with E-state index in [4.69, 9.17) is 28.5 Å². The Kier molecular flexibility index (Phi) is 3.56. The summed E-state index contributed by atoms with van der Waals surface area (Å²) in [6, 6.07) is 10.7. The zero-order valence-corrected chi connectivity index (χ0v) is 8.58. The van der Waals surface area contributed by atoms with Crippen LogP contribution >= 0.6 is 12.2 Å². The van der Waals surface area contributed by atoms with E-state index in [1.165, 1.54) is 0 Å². The van der Waals surface area contributed by atoms with Crippen LogP contribution in [0.15, 0.2) is 29.8 Å². The summed E-state index contributed by atoms with van der Waals surface area (Å²) in [6.45, 7) is 0. The van der Waals surface area contributed by atoms with E-state index in [-0.39, 0.29) is 10.6 Å². The Morgan fingerprint density at radius 2 is 1.87 bits per heavy atom. The average Bonchev–Trinajstić information content (AvgIpc) is 2.26. The number of nitrogens with two attached hydrogens (primary N) is 1. The first-order chi connectivity index (χ1) is 7.17. The number of hydrogen-bond donors (Lipinski definition) is 1. The van der Waals surface area contributed by atoms with Gasteiger partial charge in [0.15, 0.2) is 0 Å². The van der Waals surface area contributed by atoms with Gasteiger partial charge in [-0.1, -0.05) is 24.4 Å². The lowest BCUT2D eigenvalue weighted by Crippen LogP contribution is -2.09. The molecular weight excluding hydrogens is 206 g/mol. The molecule has 3 nitrogen and oxygen atoms in total. The van der Waals surface area contributed by atoms with Crippen molar-refractivity contribution in [3.05, 3.63) is 41.0 Å². The van der Waals surface area contributed by atoms with Gasteiger partial charge in [-0.3, -0.25) is 0 Å². The summed E-state index contributed by atoms with van der Waals surface area (Å²) in [4.78, 5) is 0.0712. The Morgan fingerprint density at radius 3 is 2.27 bits per heavy atom. The SMILES string of the molecule is N#C/C(=C/c1ccc(C#N)cc1)C(N)=S. The highest BCUT2D eigenvalue weighted by Gasteiger charge is 1.99. The molecule has 0 saturated carbocycles. The van der Waals surface area contributed by atoms with Crippen LogP contribution in [0.1, 0.15) is 11.1 Å². The zero-order chi connectivity index (χ0) is 11.3. The summed E-state index contributed by atoms with van der Waals surface area (Å²) in [5.41, 5.74) is 6.96. The molecule has 0 aliphatic rings. The first-order valence-electron chi connectivity index (χ1n) is 4.09. The summed E-state index contributed by atoms with van der Waals surface area (Å²) < 4.78 is 0. The molecule has 1 rings (SSSR count). The Labute approximate surface area is 93.1 Å². The molecule has 0 bridgehead atoms. The van der Waals surface area contributed by atoms with Crippen molar-refractivity contribution in [2.45, 2.75) is 0 Å². The molecule has 4 heteroatoms. The van der Waals surface area contributed by atoms with Gasteiger partial charge in [-0.15, -0.1) is 0 Å². The molecule has 0 atom stereocenters. The van der Waals surface area contributed by atoms with Gasteiger partial charge in [-0.2, -0.15) is 10.5 Å². The maximum Gasteiger partial charge on any atom is 0.114 e. The molecule has 0 aromatic heterocycles. The second kappa shape index (κ2) is 4.90. The summed E-state index contributed by atoms with van der Waals surface area (Å²) >= 11 is 4.70. The number of thiocarbonyl (C=S) groups is 1. The standard InChI is InChI=1S/C11H7N3S/c12-6-9-3-1-8(2-4-9)5-10(7-13)11(14)15/h1-5H,(H2,14,15)/b10-5-. The van der Waals surface area contributed by atoms with E-state index in [1.54, 1.807) is 30.3 Å². The molecular formula is C11H7N3S. The van der Waals surface area contributed by atoms with Crippen molar-refractivity contribution in [3.8, 4) is 12.1 Å².